The first-order valence-electron chi connectivity index (χ1n) is 10.1. The molecule has 0 aliphatic carbocycles. The topological polar surface area (TPSA) is 51.2 Å². The van der Waals surface area contributed by atoms with Gasteiger partial charge in [0.2, 0.25) is 0 Å². The Kier molecular flexibility index (Phi) is 5.78. The van der Waals surface area contributed by atoms with E-state index >= 15 is 0 Å². The fourth-order valence-electron chi connectivity index (χ4n) is 4.41. The van der Waals surface area contributed by atoms with Crippen LogP contribution in [0.5, 0.6) is 0 Å². The first-order chi connectivity index (χ1) is 13.1. The Hall–Kier alpha value is -1.47. The summed E-state index contributed by atoms with van der Waals surface area (Å²) in [4.78, 5) is 17.4. The Bertz CT molecular complexity index is 632. The molecule has 0 N–H and O–H groups in total. The molecule has 3 aliphatic heterocycles. The predicted molar refractivity (Wildman–Crippen MR) is 101 cm³/mol. The number of amides is 1. The largest absolute Gasteiger partial charge is 0.366 e. The van der Waals surface area contributed by atoms with Crippen LogP contribution in [-0.4, -0.2) is 73.6 Å². The molecule has 2 atom stereocenters. The van der Waals surface area contributed by atoms with Gasteiger partial charge in [-0.1, -0.05) is 30.3 Å². The zero-order valence-corrected chi connectivity index (χ0v) is 16.1. The van der Waals surface area contributed by atoms with Crippen LogP contribution in [0.15, 0.2) is 30.3 Å². The average molecular weight is 374 g/mol. The third-order valence-corrected chi connectivity index (χ3v) is 6.01. The van der Waals surface area contributed by atoms with E-state index in [0.29, 0.717) is 32.9 Å². The van der Waals surface area contributed by atoms with Crippen LogP contribution < -0.4 is 0 Å². The SMILES string of the molecule is CC1([C@@H]2CCCN(C(=O)[C@H]3CN(Cc4ccccc4)CCO3)C2)OCCO1. The molecule has 3 heterocycles. The number of morpholine rings is 1. The summed E-state index contributed by atoms with van der Waals surface area (Å²) in [6.07, 6.45) is 1.64. The molecule has 3 saturated heterocycles. The number of benzene rings is 1. The molecule has 1 aromatic carbocycles. The summed E-state index contributed by atoms with van der Waals surface area (Å²) < 4.78 is 17.5. The number of hydrogen-bond donors (Lipinski definition) is 0. The fraction of sp³-hybridized carbons (Fsp3) is 0.667. The lowest BCUT2D eigenvalue weighted by atomic mass is 9.90. The molecule has 3 fully saturated rings. The van der Waals surface area contributed by atoms with E-state index in [9.17, 15) is 4.79 Å². The van der Waals surface area contributed by atoms with Gasteiger partial charge >= 0.3 is 0 Å². The van der Waals surface area contributed by atoms with Crippen LogP contribution in [-0.2, 0) is 25.5 Å². The molecule has 0 bridgehead atoms. The van der Waals surface area contributed by atoms with Crippen LogP contribution in [0, 0.1) is 5.92 Å². The predicted octanol–water partition coefficient (Wildman–Crippen LogP) is 1.89. The van der Waals surface area contributed by atoms with Crippen LogP contribution in [0.3, 0.4) is 0 Å². The van der Waals surface area contributed by atoms with E-state index in [1.54, 1.807) is 0 Å². The van der Waals surface area contributed by atoms with Gasteiger partial charge in [-0.3, -0.25) is 9.69 Å². The van der Waals surface area contributed by atoms with Crippen molar-refractivity contribution in [2.45, 2.75) is 38.2 Å². The molecule has 1 aromatic rings. The van der Waals surface area contributed by atoms with E-state index in [-0.39, 0.29) is 17.9 Å². The van der Waals surface area contributed by atoms with Gasteiger partial charge in [-0.2, -0.15) is 0 Å². The van der Waals surface area contributed by atoms with Crippen LogP contribution in [0.2, 0.25) is 0 Å². The molecule has 0 radical (unpaired) electrons. The quantitative estimate of drug-likeness (QED) is 0.806. The maximum Gasteiger partial charge on any atom is 0.253 e. The molecule has 3 aliphatic rings. The molecule has 27 heavy (non-hydrogen) atoms. The summed E-state index contributed by atoms with van der Waals surface area (Å²) >= 11 is 0. The Morgan fingerprint density at radius 3 is 2.67 bits per heavy atom. The lowest BCUT2D eigenvalue weighted by Gasteiger charge is -2.42. The number of carbonyl (C=O) groups is 1. The summed E-state index contributed by atoms with van der Waals surface area (Å²) in [6, 6.07) is 10.4. The summed E-state index contributed by atoms with van der Waals surface area (Å²) in [5, 5.41) is 0. The van der Waals surface area contributed by atoms with Gasteiger partial charge < -0.3 is 19.1 Å². The molecular weight excluding hydrogens is 344 g/mol. The standard InChI is InChI=1S/C21H30N2O4/c1-21(26-12-13-27-21)18-8-5-9-23(15-18)20(24)19-16-22(10-11-25-19)14-17-6-3-2-4-7-17/h2-4,6-7,18-19H,5,8-16H2,1H3/t18-,19-/m1/s1. The normalized spacial score (nSPS) is 29.0. The molecule has 1 amide bonds. The van der Waals surface area contributed by atoms with Gasteiger partial charge in [0, 0.05) is 38.6 Å². The van der Waals surface area contributed by atoms with Crippen LogP contribution in [0.1, 0.15) is 25.3 Å². The first-order valence-corrected chi connectivity index (χ1v) is 10.1. The minimum absolute atomic E-state index is 0.110. The summed E-state index contributed by atoms with van der Waals surface area (Å²) in [7, 11) is 0. The first kappa shape index (κ1) is 18.9. The van der Waals surface area contributed by atoms with Gasteiger partial charge in [0.15, 0.2) is 5.79 Å². The number of likely N-dealkylation sites (tertiary alicyclic amines) is 1. The molecule has 0 unspecified atom stereocenters. The van der Waals surface area contributed by atoms with Crippen molar-refractivity contribution in [2.75, 3.05) is 46.0 Å². The third-order valence-electron chi connectivity index (χ3n) is 6.01. The van der Waals surface area contributed by atoms with Gasteiger partial charge in [-0.05, 0) is 25.3 Å². The van der Waals surface area contributed by atoms with E-state index in [1.165, 1.54) is 5.56 Å². The Labute approximate surface area is 161 Å². The smallest absolute Gasteiger partial charge is 0.253 e. The minimum atomic E-state index is -0.550. The number of hydrogen-bond acceptors (Lipinski definition) is 5. The van der Waals surface area contributed by atoms with Crippen molar-refractivity contribution in [3.63, 3.8) is 0 Å². The summed E-state index contributed by atoms with van der Waals surface area (Å²) in [5.41, 5.74) is 1.27. The van der Waals surface area contributed by atoms with Crippen LogP contribution >= 0.6 is 0 Å². The van der Waals surface area contributed by atoms with E-state index in [2.05, 4.69) is 29.2 Å². The number of rotatable bonds is 4. The van der Waals surface area contributed by atoms with Crippen molar-refractivity contribution in [2.24, 2.45) is 5.92 Å². The van der Waals surface area contributed by atoms with Crippen molar-refractivity contribution in [3.05, 3.63) is 35.9 Å². The Balaban J connectivity index is 1.35. The van der Waals surface area contributed by atoms with Gasteiger partial charge in [0.1, 0.15) is 6.10 Å². The highest BCUT2D eigenvalue weighted by Gasteiger charge is 2.43. The Morgan fingerprint density at radius 2 is 1.89 bits per heavy atom. The van der Waals surface area contributed by atoms with Gasteiger partial charge in [0.05, 0.1) is 19.8 Å². The van der Waals surface area contributed by atoms with Gasteiger partial charge in [0.25, 0.3) is 5.91 Å². The summed E-state index contributed by atoms with van der Waals surface area (Å²) in [6.45, 7) is 7.75. The van der Waals surface area contributed by atoms with Crippen molar-refractivity contribution < 1.29 is 19.0 Å². The highest BCUT2D eigenvalue weighted by atomic mass is 16.7. The number of ether oxygens (including phenoxy) is 3. The summed E-state index contributed by atoms with van der Waals surface area (Å²) in [5.74, 6) is -0.216. The van der Waals surface area contributed by atoms with Crippen molar-refractivity contribution in [1.82, 2.24) is 9.80 Å². The molecule has 4 rings (SSSR count). The maximum absolute atomic E-state index is 13.1. The highest BCUT2D eigenvalue weighted by molar-refractivity contribution is 5.81. The molecule has 6 heteroatoms. The van der Waals surface area contributed by atoms with E-state index in [1.807, 2.05) is 17.9 Å². The zero-order valence-electron chi connectivity index (χ0n) is 16.1. The van der Waals surface area contributed by atoms with E-state index in [4.69, 9.17) is 14.2 Å². The molecule has 0 aromatic heterocycles. The van der Waals surface area contributed by atoms with Crippen molar-refractivity contribution >= 4 is 5.91 Å². The number of nitrogens with zero attached hydrogens (tertiary/aromatic N) is 2. The van der Waals surface area contributed by atoms with Crippen molar-refractivity contribution in [1.29, 1.82) is 0 Å². The van der Waals surface area contributed by atoms with E-state index < -0.39 is 5.79 Å². The van der Waals surface area contributed by atoms with E-state index in [0.717, 1.165) is 32.5 Å². The van der Waals surface area contributed by atoms with Gasteiger partial charge in [-0.25, -0.2) is 0 Å². The molecule has 6 nitrogen and oxygen atoms in total. The number of carbonyl (C=O) groups excluding carboxylic acids is 1. The Morgan fingerprint density at radius 1 is 1.11 bits per heavy atom. The van der Waals surface area contributed by atoms with Crippen molar-refractivity contribution in [3.8, 4) is 0 Å². The lowest BCUT2D eigenvalue weighted by Crippen LogP contribution is -2.55. The van der Waals surface area contributed by atoms with Crippen LogP contribution in [0.25, 0.3) is 0 Å². The second-order valence-corrected chi connectivity index (χ2v) is 7.92. The molecular formula is C21H30N2O4. The van der Waals surface area contributed by atoms with Gasteiger partial charge in [-0.15, -0.1) is 0 Å². The number of piperidine rings is 1. The molecule has 0 saturated carbocycles. The zero-order chi connectivity index (χ0) is 18.7. The van der Waals surface area contributed by atoms with Crippen LogP contribution in [0.4, 0.5) is 0 Å². The second-order valence-electron chi connectivity index (χ2n) is 7.92. The monoisotopic (exact) mass is 374 g/mol. The highest BCUT2D eigenvalue weighted by Crippen LogP contribution is 2.34. The minimum Gasteiger partial charge on any atom is -0.366 e. The molecule has 148 valence electrons. The maximum atomic E-state index is 13.1. The fourth-order valence-corrected chi connectivity index (χ4v) is 4.41. The third kappa shape index (κ3) is 4.35. The lowest BCUT2D eigenvalue weighted by molar-refractivity contribution is -0.195. The average Bonchev–Trinajstić information content (AvgIpc) is 3.16. The molecule has 0 spiro atoms. The second kappa shape index (κ2) is 8.27.